The second-order valence-electron chi connectivity index (χ2n) is 6.51. The predicted molar refractivity (Wildman–Crippen MR) is 85.2 cm³/mol. The Labute approximate surface area is 136 Å². The summed E-state index contributed by atoms with van der Waals surface area (Å²) in [5.74, 6) is -0.205. The van der Waals surface area contributed by atoms with Crippen LogP contribution in [0.3, 0.4) is 0 Å². The van der Waals surface area contributed by atoms with Crippen molar-refractivity contribution < 1.29 is 14.0 Å². The van der Waals surface area contributed by atoms with Gasteiger partial charge in [-0.2, -0.15) is 0 Å². The molecular formula is C18H23FN2O2. The lowest BCUT2D eigenvalue weighted by Crippen LogP contribution is -2.48. The summed E-state index contributed by atoms with van der Waals surface area (Å²) in [6, 6.07) is 6.52. The molecule has 2 amide bonds. The van der Waals surface area contributed by atoms with Gasteiger partial charge in [-0.25, -0.2) is 4.39 Å². The highest BCUT2D eigenvalue weighted by molar-refractivity contribution is 5.87. The van der Waals surface area contributed by atoms with Gasteiger partial charge in [-0.15, -0.1) is 0 Å². The van der Waals surface area contributed by atoms with Gasteiger partial charge in [0.15, 0.2) is 0 Å². The van der Waals surface area contributed by atoms with Crippen molar-refractivity contribution in [1.82, 2.24) is 9.80 Å². The summed E-state index contributed by atoms with van der Waals surface area (Å²) in [5.41, 5.74) is 0.901. The Morgan fingerprint density at radius 2 is 2.09 bits per heavy atom. The van der Waals surface area contributed by atoms with Crippen molar-refractivity contribution in [3.63, 3.8) is 0 Å². The Bertz CT molecular complexity index is 600. The molecular weight excluding hydrogens is 295 g/mol. The third-order valence-corrected chi connectivity index (χ3v) is 4.74. The van der Waals surface area contributed by atoms with Gasteiger partial charge in [-0.1, -0.05) is 12.1 Å². The molecule has 0 N–H and O–H groups in total. The smallest absolute Gasteiger partial charge is 0.245 e. The fourth-order valence-corrected chi connectivity index (χ4v) is 3.39. The highest BCUT2D eigenvalue weighted by Gasteiger charge is 2.40. The summed E-state index contributed by atoms with van der Waals surface area (Å²) < 4.78 is 13.3. The summed E-state index contributed by atoms with van der Waals surface area (Å²) in [6.45, 7) is 2.79. The van der Waals surface area contributed by atoms with Crippen LogP contribution in [0.5, 0.6) is 0 Å². The van der Waals surface area contributed by atoms with Gasteiger partial charge < -0.3 is 9.80 Å². The molecule has 0 spiro atoms. The molecule has 3 rings (SSSR count). The van der Waals surface area contributed by atoms with E-state index in [0.717, 1.165) is 31.2 Å². The van der Waals surface area contributed by atoms with Crippen molar-refractivity contribution in [2.75, 3.05) is 13.1 Å². The van der Waals surface area contributed by atoms with Crippen LogP contribution in [0.25, 0.3) is 0 Å². The van der Waals surface area contributed by atoms with Crippen LogP contribution in [-0.2, 0) is 16.0 Å². The lowest BCUT2D eigenvalue weighted by atomic mass is 10.1. The minimum absolute atomic E-state index is 0.0262. The lowest BCUT2D eigenvalue weighted by Gasteiger charge is -2.30. The standard InChI is InChI=1S/C18H23FN2O2/c1-13(22)20-10-3-6-17(20)18(23)21(16-7-8-16)11-9-14-4-2-5-15(19)12-14/h2,4-5,12,16-17H,3,6-11H2,1H3/t17-/m0/s1. The monoisotopic (exact) mass is 318 g/mol. The molecule has 0 bridgehead atoms. The molecule has 23 heavy (non-hydrogen) atoms. The summed E-state index contributed by atoms with van der Waals surface area (Å²) in [7, 11) is 0. The Morgan fingerprint density at radius 1 is 1.30 bits per heavy atom. The average Bonchev–Trinajstić information content (AvgIpc) is 3.22. The fraction of sp³-hybridized carbons (Fsp3) is 0.556. The van der Waals surface area contributed by atoms with Crippen molar-refractivity contribution in [3.8, 4) is 0 Å². The summed E-state index contributed by atoms with van der Waals surface area (Å²) in [6.07, 6.45) is 4.34. The molecule has 2 fully saturated rings. The van der Waals surface area contributed by atoms with Gasteiger partial charge in [0.25, 0.3) is 0 Å². The van der Waals surface area contributed by atoms with Gasteiger partial charge in [0.2, 0.25) is 11.8 Å². The molecule has 5 heteroatoms. The van der Waals surface area contributed by atoms with E-state index in [-0.39, 0.29) is 23.7 Å². The Balaban J connectivity index is 1.66. The first-order chi connectivity index (χ1) is 11.1. The first-order valence-corrected chi connectivity index (χ1v) is 8.38. The van der Waals surface area contributed by atoms with E-state index >= 15 is 0 Å². The van der Waals surface area contributed by atoms with E-state index in [9.17, 15) is 14.0 Å². The number of halogens is 1. The minimum atomic E-state index is -0.305. The quantitative estimate of drug-likeness (QED) is 0.836. The number of rotatable bonds is 5. The van der Waals surface area contributed by atoms with E-state index in [1.54, 1.807) is 11.0 Å². The number of amides is 2. The number of hydrogen-bond acceptors (Lipinski definition) is 2. The molecule has 1 aromatic carbocycles. The molecule has 1 aliphatic heterocycles. The average molecular weight is 318 g/mol. The van der Waals surface area contributed by atoms with E-state index in [0.29, 0.717) is 25.6 Å². The highest BCUT2D eigenvalue weighted by Crippen LogP contribution is 2.30. The molecule has 1 saturated heterocycles. The number of carbonyl (C=O) groups excluding carboxylic acids is 2. The van der Waals surface area contributed by atoms with E-state index in [4.69, 9.17) is 0 Å². The molecule has 4 nitrogen and oxygen atoms in total. The second kappa shape index (κ2) is 6.69. The lowest BCUT2D eigenvalue weighted by molar-refractivity contribution is -0.143. The molecule has 1 heterocycles. The summed E-state index contributed by atoms with van der Waals surface area (Å²) in [4.78, 5) is 28.2. The van der Waals surface area contributed by atoms with Crippen molar-refractivity contribution in [3.05, 3.63) is 35.6 Å². The number of benzene rings is 1. The molecule has 0 aromatic heterocycles. The first-order valence-electron chi connectivity index (χ1n) is 8.38. The molecule has 2 aliphatic rings. The van der Waals surface area contributed by atoms with Crippen molar-refractivity contribution in [1.29, 1.82) is 0 Å². The van der Waals surface area contributed by atoms with E-state index in [2.05, 4.69) is 0 Å². The maximum atomic E-state index is 13.3. The van der Waals surface area contributed by atoms with E-state index in [1.807, 2.05) is 11.0 Å². The van der Waals surface area contributed by atoms with Gasteiger partial charge >= 0.3 is 0 Å². The van der Waals surface area contributed by atoms with Crippen LogP contribution in [0.2, 0.25) is 0 Å². The van der Waals surface area contributed by atoms with Crippen molar-refractivity contribution >= 4 is 11.8 Å². The molecule has 1 aromatic rings. The second-order valence-corrected chi connectivity index (χ2v) is 6.51. The summed E-state index contributed by atoms with van der Waals surface area (Å²) in [5, 5.41) is 0. The number of nitrogens with zero attached hydrogens (tertiary/aromatic N) is 2. The molecule has 0 unspecified atom stereocenters. The third kappa shape index (κ3) is 3.71. The molecule has 1 aliphatic carbocycles. The van der Waals surface area contributed by atoms with E-state index in [1.165, 1.54) is 19.1 Å². The van der Waals surface area contributed by atoms with Gasteiger partial charge in [0.05, 0.1) is 0 Å². The zero-order valence-electron chi connectivity index (χ0n) is 13.5. The maximum Gasteiger partial charge on any atom is 0.245 e. The van der Waals surface area contributed by atoms with E-state index < -0.39 is 0 Å². The topological polar surface area (TPSA) is 40.6 Å². The largest absolute Gasteiger partial charge is 0.338 e. The fourth-order valence-electron chi connectivity index (χ4n) is 3.39. The third-order valence-electron chi connectivity index (χ3n) is 4.74. The Kier molecular flexibility index (Phi) is 4.64. The van der Waals surface area contributed by atoms with Crippen LogP contribution in [0, 0.1) is 5.82 Å². The van der Waals surface area contributed by atoms with Crippen molar-refractivity contribution in [2.45, 2.75) is 51.1 Å². The normalized spacial score (nSPS) is 20.6. The Morgan fingerprint density at radius 3 is 2.74 bits per heavy atom. The number of carbonyl (C=O) groups is 2. The zero-order valence-corrected chi connectivity index (χ0v) is 13.5. The van der Waals surface area contributed by atoms with Crippen LogP contribution >= 0.6 is 0 Å². The van der Waals surface area contributed by atoms with Crippen LogP contribution in [-0.4, -0.2) is 46.8 Å². The number of hydrogen-bond donors (Lipinski definition) is 0. The molecule has 0 radical (unpaired) electrons. The Hall–Kier alpha value is -1.91. The zero-order chi connectivity index (χ0) is 16.4. The van der Waals surface area contributed by atoms with Gasteiger partial charge in [0, 0.05) is 26.1 Å². The van der Waals surface area contributed by atoms with Gasteiger partial charge in [-0.05, 0) is 49.8 Å². The SMILES string of the molecule is CC(=O)N1CCC[C@H]1C(=O)N(CCc1cccc(F)c1)C1CC1. The molecule has 1 saturated carbocycles. The predicted octanol–water partition coefficient (Wildman–Crippen LogP) is 2.37. The highest BCUT2D eigenvalue weighted by atomic mass is 19.1. The van der Waals surface area contributed by atoms with Gasteiger partial charge in [-0.3, -0.25) is 9.59 Å². The van der Waals surface area contributed by atoms with Crippen LogP contribution in [0.1, 0.15) is 38.2 Å². The van der Waals surface area contributed by atoms with Crippen LogP contribution < -0.4 is 0 Å². The summed E-state index contributed by atoms with van der Waals surface area (Å²) >= 11 is 0. The molecule has 1 atom stereocenters. The maximum absolute atomic E-state index is 13.3. The minimum Gasteiger partial charge on any atom is -0.338 e. The van der Waals surface area contributed by atoms with Gasteiger partial charge in [0.1, 0.15) is 11.9 Å². The first kappa shape index (κ1) is 16.0. The number of likely N-dealkylation sites (tertiary alicyclic amines) is 1. The van der Waals surface area contributed by atoms with Crippen molar-refractivity contribution in [2.24, 2.45) is 0 Å². The van der Waals surface area contributed by atoms with Crippen LogP contribution in [0.4, 0.5) is 4.39 Å². The molecule has 124 valence electrons. The van der Waals surface area contributed by atoms with Crippen LogP contribution in [0.15, 0.2) is 24.3 Å².